The first-order valence-electron chi connectivity index (χ1n) is 5.25. The van der Waals surface area contributed by atoms with Crippen LogP contribution in [0.2, 0.25) is 0 Å². The molecule has 0 unspecified atom stereocenters. The lowest BCUT2D eigenvalue weighted by molar-refractivity contribution is -0.384. The summed E-state index contributed by atoms with van der Waals surface area (Å²) >= 11 is 0. The van der Waals surface area contributed by atoms with Gasteiger partial charge in [-0.3, -0.25) is 19.7 Å². The van der Waals surface area contributed by atoms with Crippen molar-refractivity contribution in [3.05, 3.63) is 33.9 Å². The monoisotopic (exact) mass is 268 g/mol. The van der Waals surface area contributed by atoms with E-state index in [0.717, 1.165) is 4.90 Å². The number of rotatable bonds is 6. The number of carbonyl (C=O) groups is 2. The molecule has 8 nitrogen and oxygen atoms in total. The second-order valence-corrected chi connectivity index (χ2v) is 3.84. The van der Waals surface area contributed by atoms with Crippen LogP contribution in [0.15, 0.2) is 18.2 Å². The van der Waals surface area contributed by atoms with Crippen LogP contribution in [0.1, 0.15) is 5.56 Å². The molecule has 0 aliphatic rings. The lowest BCUT2D eigenvalue weighted by Crippen LogP contribution is -2.35. The Labute approximate surface area is 108 Å². The van der Waals surface area contributed by atoms with Crippen LogP contribution in [0.5, 0.6) is 0 Å². The second-order valence-electron chi connectivity index (χ2n) is 3.84. The summed E-state index contributed by atoms with van der Waals surface area (Å²) in [7, 11) is 0. The van der Waals surface area contributed by atoms with E-state index in [0.29, 0.717) is 5.56 Å². The minimum Gasteiger partial charge on any atom is -0.480 e. The highest BCUT2D eigenvalue weighted by atomic mass is 16.6. The van der Waals surface area contributed by atoms with Crippen molar-refractivity contribution >= 4 is 23.3 Å². The average Bonchev–Trinajstić information content (AvgIpc) is 2.26. The number of nitrogens with zero attached hydrogens (tertiary/aromatic N) is 2. The van der Waals surface area contributed by atoms with Gasteiger partial charge in [0.2, 0.25) is 0 Å². The molecular weight excluding hydrogens is 256 g/mol. The van der Waals surface area contributed by atoms with Gasteiger partial charge in [-0.1, -0.05) is 12.1 Å². The van der Waals surface area contributed by atoms with E-state index in [2.05, 4.69) is 0 Å². The average molecular weight is 268 g/mol. The SMILES string of the molecule is Cc1cccc([N+](=O)[O-])c1N(CC(=O)O)CC(=O)O. The molecule has 19 heavy (non-hydrogen) atoms. The van der Waals surface area contributed by atoms with Crippen LogP contribution in [-0.2, 0) is 9.59 Å². The fraction of sp³-hybridized carbons (Fsp3) is 0.273. The number of nitro benzene ring substituents is 1. The van der Waals surface area contributed by atoms with Crippen molar-refractivity contribution in [2.24, 2.45) is 0 Å². The van der Waals surface area contributed by atoms with Gasteiger partial charge in [-0.2, -0.15) is 0 Å². The summed E-state index contributed by atoms with van der Waals surface area (Å²) in [5.74, 6) is -2.53. The molecule has 0 spiro atoms. The Hall–Kier alpha value is -2.64. The summed E-state index contributed by atoms with van der Waals surface area (Å²) in [5, 5.41) is 28.5. The normalized spacial score (nSPS) is 9.95. The van der Waals surface area contributed by atoms with Gasteiger partial charge in [-0.15, -0.1) is 0 Å². The Morgan fingerprint density at radius 1 is 1.26 bits per heavy atom. The fourth-order valence-electron chi connectivity index (χ4n) is 1.74. The lowest BCUT2D eigenvalue weighted by Gasteiger charge is -2.22. The first kappa shape index (κ1) is 14.4. The van der Waals surface area contributed by atoms with Crippen molar-refractivity contribution in [3.8, 4) is 0 Å². The van der Waals surface area contributed by atoms with Gasteiger partial charge in [0.05, 0.1) is 4.92 Å². The topological polar surface area (TPSA) is 121 Å². The summed E-state index contributed by atoms with van der Waals surface area (Å²) in [4.78, 5) is 32.7. The number of carboxylic acid groups (broad SMARTS) is 2. The maximum atomic E-state index is 10.9. The molecule has 0 bridgehead atoms. The molecule has 1 aromatic carbocycles. The summed E-state index contributed by atoms with van der Waals surface area (Å²) in [6, 6.07) is 4.22. The van der Waals surface area contributed by atoms with E-state index < -0.39 is 30.0 Å². The van der Waals surface area contributed by atoms with E-state index >= 15 is 0 Å². The molecule has 2 N–H and O–H groups in total. The number of carboxylic acids is 2. The highest BCUT2D eigenvalue weighted by Gasteiger charge is 2.24. The van der Waals surface area contributed by atoms with E-state index in [1.54, 1.807) is 13.0 Å². The largest absolute Gasteiger partial charge is 0.480 e. The van der Waals surface area contributed by atoms with Crippen LogP contribution in [0.3, 0.4) is 0 Å². The zero-order valence-corrected chi connectivity index (χ0v) is 10.1. The molecular formula is C11H12N2O6. The lowest BCUT2D eigenvalue weighted by atomic mass is 10.1. The molecule has 0 aromatic heterocycles. The van der Waals surface area contributed by atoms with Crippen molar-refractivity contribution in [3.63, 3.8) is 0 Å². The van der Waals surface area contributed by atoms with Gasteiger partial charge in [0.1, 0.15) is 18.8 Å². The van der Waals surface area contributed by atoms with Crippen molar-refractivity contribution in [1.82, 2.24) is 0 Å². The molecule has 0 heterocycles. The molecule has 0 aliphatic carbocycles. The zero-order valence-electron chi connectivity index (χ0n) is 10.1. The van der Waals surface area contributed by atoms with Crippen LogP contribution >= 0.6 is 0 Å². The molecule has 0 saturated heterocycles. The molecule has 0 fully saturated rings. The molecule has 1 rings (SSSR count). The summed E-state index contributed by atoms with van der Waals surface area (Å²) in [6.07, 6.45) is 0. The molecule has 0 amide bonds. The smallest absolute Gasteiger partial charge is 0.323 e. The van der Waals surface area contributed by atoms with Gasteiger partial charge in [0.15, 0.2) is 0 Å². The first-order chi connectivity index (χ1) is 8.82. The van der Waals surface area contributed by atoms with Crippen LogP contribution in [0, 0.1) is 17.0 Å². The van der Waals surface area contributed by atoms with E-state index in [4.69, 9.17) is 10.2 Å². The van der Waals surface area contributed by atoms with Gasteiger partial charge in [-0.25, -0.2) is 0 Å². The van der Waals surface area contributed by atoms with E-state index in [-0.39, 0.29) is 11.4 Å². The summed E-state index contributed by atoms with van der Waals surface area (Å²) < 4.78 is 0. The number of hydrogen-bond donors (Lipinski definition) is 2. The van der Waals surface area contributed by atoms with Crippen LogP contribution in [0.4, 0.5) is 11.4 Å². The van der Waals surface area contributed by atoms with Crippen LogP contribution in [0.25, 0.3) is 0 Å². The Bertz CT molecular complexity index is 512. The van der Waals surface area contributed by atoms with Crippen molar-refractivity contribution < 1.29 is 24.7 Å². The minimum absolute atomic E-state index is 0.0114. The molecule has 0 atom stereocenters. The third kappa shape index (κ3) is 3.66. The van der Waals surface area contributed by atoms with Gasteiger partial charge in [0.25, 0.3) is 5.69 Å². The molecule has 0 radical (unpaired) electrons. The second kappa shape index (κ2) is 5.80. The van der Waals surface area contributed by atoms with Crippen molar-refractivity contribution in [2.45, 2.75) is 6.92 Å². The highest BCUT2D eigenvalue weighted by molar-refractivity contribution is 5.82. The van der Waals surface area contributed by atoms with E-state index in [9.17, 15) is 19.7 Å². The van der Waals surface area contributed by atoms with Gasteiger partial charge in [0, 0.05) is 6.07 Å². The maximum Gasteiger partial charge on any atom is 0.323 e. The Kier molecular flexibility index (Phi) is 4.41. The number of aliphatic carboxylic acids is 2. The van der Waals surface area contributed by atoms with E-state index in [1.165, 1.54) is 12.1 Å². The maximum absolute atomic E-state index is 10.9. The van der Waals surface area contributed by atoms with Crippen LogP contribution < -0.4 is 4.90 Å². The number of benzene rings is 1. The third-order valence-electron chi connectivity index (χ3n) is 2.38. The standard InChI is InChI=1S/C11H12N2O6/c1-7-3-2-4-8(13(18)19)11(7)12(5-9(14)15)6-10(16)17/h2-4H,5-6H2,1H3,(H,14,15)(H,16,17). The third-order valence-corrected chi connectivity index (χ3v) is 2.38. The van der Waals surface area contributed by atoms with Crippen molar-refractivity contribution in [1.29, 1.82) is 0 Å². The minimum atomic E-state index is -1.26. The molecule has 0 aliphatic heterocycles. The number of aryl methyl sites for hydroxylation is 1. The van der Waals surface area contributed by atoms with Crippen LogP contribution in [-0.4, -0.2) is 40.2 Å². The predicted octanol–water partition coefficient (Wildman–Crippen LogP) is 0.879. The van der Waals surface area contributed by atoms with E-state index in [1.807, 2.05) is 0 Å². The number of nitro groups is 1. The van der Waals surface area contributed by atoms with Gasteiger partial charge < -0.3 is 15.1 Å². The Morgan fingerprint density at radius 3 is 2.21 bits per heavy atom. The number of anilines is 1. The molecule has 0 saturated carbocycles. The summed E-state index contributed by atoms with van der Waals surface area (Å²) in [6.45, 7) is 0.301. The quantitative estimate of drug-likeness (QED) is 0.580. The van der Waals surface area contributed by atoms with Crippen molar-refractivity contribution in [2.75, 3.05) is 18.0 Å². The zero-order chi connectivity index (χ0) is 14.6. The molecule has 8 heteroatoms. The predicted molar refractivity (Wildman–Crippen MR) is 65.3 cm³/mol. The Morgan fingerprint density at radius 2 is 1.79 bits per heavy atom. The molecule has 1 aromatic rings. The Balaban J connectivity index is 3.31. The van der Waals surface area contributed by atoms with Gasteiger partial charge in [-0.05, 0) is 12.5 Å². The molecule has 102 valence electrons. The first-order valence-corrected chi connectivity index (χ1v) is 5.25. The highest BCUT2D eigenvalue weighted by Crippen LogP contribution is 2.31. The number of hydrogen-bond acceptors (Lipinski definition) is 5. The number of para-hydroxylation sites is 1. The fourth-order valence-corrected chi connectivity index (χ4v) is 1.74. The van der Waals surface area contributed by atoms with Gasteiger partial charge >= 0.3 is 11.9 Å². The summed E-state index contributed by atoms with van der Waals surface area (Å²) in [5.41, 5.74) is 0.136.